The van der Waals surface area contributed by atoms with Crippen molar-refractivity contribution in [2.24, 2.45) is 5.92 Å². The molecule has 3 nitrogen and oxygen atoms in total. The fourth-order valence-corrected chi connectivity index (χ4v) is 2.00. The summed E-state index contributed by atoms with van der Waals surface area (Å²) in [6.07, 6.45) is 2.75. The van der Waals surface area contributed by atoms with Crippen LogP contribution in [0.25, 0.3) is 0 Å². The Balaban J connectivity index is 2.83. The van der Waals surface area contributed by atoms with E-state index in [1.165, 1.54) is 0 Å². The van der Waals surface area contributed by atoms with Crippen molar-refractivity contribution in [2.45, 2.75) is 27.2 Å². The van der Waals surface area contributed by atoms with Crippen LogP contribution in [0.3, 0.4) is 0 Å². The third-order valence-electron chi connectivity index (χ3n) is 2.89. The van der Waals surface area contributed by atoms with Crippen LogP contribution in [-0.4, -0.2) is 28.9 Å². The van der Waals surface area contributed by atoms with Gasteiger partial charge in [0.2, 0.25) is 0 Å². The second-order valence-electron chi connectivity index (χ2n) is 4.20. The van der Waals surface area contributed by atoms with Crippen LogP contribution < -0.4 is 0 Å². The van der Waals surface area contributed by atoms with E-state index in [0.717, 1.165) is 19.5 Å². The maximum absolute atomic E-state index is 12.3. The number of amides is 1. The fourth-order valence-electron chi connectivity index (χ4n) is 1.58. The van der Waals surface area contributed by atoms with Gasteiger partial charge in [0.1, 0.15) is 4.60 Å². The minimum atomic E-state index is 0.0489. The molecule has 0 aliphatic rings. The van der Waals surface area contributed by atoms with Crippen LogP contribution in [0.1, 0.15) is 37.6 Å². The summed E-state index contributed by atoms with van der Waals surface area (Å²) in [4.78, 5) is 18.3. The summed E-state index contributed by atoms with van der Waals surface area (Å²) in [5.41, 5.74) is 0.637. The number of hydrogen-bond acceptors (Lipinski definition) is 2. The molecular weight excluding hydrogens is 280 g/mol. The largest absolute Gasteiger partial charge is 0.339 e. The Labute approximate surface area is 111 Å². The predicted octanol–water partition coefficient (Wildman–Crippen LogP) is 3.35. The molecule has 1 unspecified atom stereocenters. The van der Waals surface area contributed by atoms with Crippen LogP contribution in [0, 0.1) is 5.92 Å². The van der Waals surface area contributed by atoms with Gasteiger partial charge in [-0.25, -0.2) is 4.98 Å². The second kappa shape index (κ2) is 6.74. The summed E-state index contributed by atoms with van der Waals surface area (Å²) < 4.78 is 0.618. The van der Waals surface area contributed by atoms with Crippen LogP contribution in [0.5, 0.6) is 0 Å². The van der Waals surface area contributed by atoms with E-state index < -0.39 is 0 Å². The van der Waals surface area contributed by atoms with Gasteiger partial charge >= 0.3 is 0 Å². The quantitative estimate of drug-likeness (QED) is 0.781. The Morgan fingerprint density at radius 1 is 1.53 bits per heavy atom. The molecule has 1 atom stereocenters. The summed E-state index contributed by atoms with van der Waals surface area (Å²) in [5, 5.41) is 0. The molecular formula is C13H19BrN2O. The molecule has 0 aromatic carbocycles. The molecule has 1 aromatic rings. The smallest absolute Gasteiger partial charge is 0.256 e. The molecule has 17 heavy (non-hydrogen) atoms. The lowest BCUT2D eigenvalue weighted by atomic mass is 10.1. The van der Waals surface area contributed by atoms with E-state index >= 15 is 0 Å². The highest BCUT2D eigenvalue weighted by molar-refractivity contribution is 9.10. The van der Waals surface area contributed by atoms with Crippen LogP contribution in [0.15, 0.2) is 22.9 Å². The van der Waals surface area contributed by atoms with Gasteiger partial charge in [0.15, 0.2) is 0 Å². The summed E-state index contributed by atoms with van der Waals surface area (Å²) in [6.45, 7) is 7.83. The first kappa shape index (κ1) is 14.2. The van der Waals surface area contributed by atoms with Crippen LogP contribution in [0.4, 0.5) is 0 Å². The summed E-state index contributed by atoms with van der Waals surface area (Å²) in [7, 11) is 0. The molecule has 0 aliphatic heterocycles. The van der Waals surface area contributed by atoms with Crippen molar-refractivity contribution in [3.63, 3.8) is 0 Å². The van der Waals surface area contributed by atoms with Gasteiger partial charge in [-0.15, -0.1) is 0 Å². The summed E-state index contributed by atoms with van der Waals surface area (Å²) in [5.74, 6) is 0.571. The molecule has 4 heteroatoms. The Hall–Kier alpha value is -0.900. The monoisotopic (exact) mass is 298 g/mol. The molecule has 1 heterocycles. The Morgan fingerprint density at radius 3 is 2.76 bits per heavy atom. The van der Waals surface area contributed by atoms with Crippen molar-refractivity contribution in [1.82, 2.24) is 9.88 Å². The van der Waals surface area contributed by atoms with Crippen molar-refractivity contribution in [3.8, 4) is 0 Å². The highest BCUT2D eigenvalue weighted by Crippen LogP contribution is 2.16. The lowest BCUT2D eigenvalue weighted by Crippen LogP contribution is -2.34. The van der Waals surface area contributed by atoms with E-state index in [-0.39, 0.29) is 5.91 Å². The molecule has 0 N–H and O–H groups in total. The Bertz CT molecular complexity index is 381. The van der Waals surface area contributed by atoms with Crippen LogP contribution >= 0.6 is 15.9 Å². The number of hydrogen-bond donors (Lipinski definition) is 0. The van der Waals surface area contributed by atoms with Gasteiger partial charge in [0, 0.05) is 19.3 Å². The van der Waals surface area contributed by atoms with Crippen LogP contribution in [0.2, 0.25) is 0 Å². The van der Waals surface area contributed by atoms with E-state index in [9.17, 15) is 4.79 Å². The normalized spacial score (nSPS) is 12.2. The Morgan fingerprint density at radius 2 is 2.24 bits per heavy atom. The van der Waals surface area contributed by atoms with Gasteiger partial charge in [-0.05, 0) is 40.9 Å². The second-order valence-corrected chi connectivity index (χ2v) is 4.95. The molecule has 1 aromatic heterocycles. The average molecular weight is 299 g/mol. The standard InChI is InChI=1S/C13H19BrN2O/c1-4-10(3)9-16(5-2)13(17)11-7-6-8-15-12(11)14/h6-8,10H,4-5,9H2,1-3H3. The molecule has 0 saturated heterocycles. The zero-order chi connectivity index (χ0) is 12.8. The van der Waals surface area contributed by atoms with E-state index in [4.69, 9.17) is 0 Å². The van der Waals surface area contributed by atoms with E-state index in [1.54, 1.807) is 18.3 Å². The minimum Gasteiger partial charge on any atom is -0.339 e. The number of carbonyl (C=O) groups is 1. The third kappa shape index (κ3) is 3.80. The molecule has 94 valence electrons. The molecule has 1 rings (SSSR count). The topological polar surface area (TPSA) is 33.2 Å². The molecule has 0 spiro atoms. The van der Waals surface area contributed by atoms with Gasteiger partial charge < -0.3 is 4.90 Å². The average Bonchev–Trinajstić information content (AvgIpc) is 2.35. The van der Waals surface area contributed by atoms with Crippen molar-refractivity contribution in [2.75, 3.05) is 13.1 Å². The lowest BCUT2D eigenvalue weighted by Gasteiger charge is -2.24. The maximum atomic E-state index is 12.3. The van der Waals surface area contributed by atoms with Gasteiger partial charge in [0.25, 0.3) is 5.91 Å². The van der Waals surface area contributed by atoms with E-state index in [0.29, 0.717) is 16.1 Å². The van der Waals surface area contributed by atoms with E-state index in [1.807, 2.05) is 11.8 Å². The number of aromatic nitrogens is 1. The first-order chi connectivity index (χ1) is 8.10. The predicted molar refractivity (Wildman–Crippen MR) is 73.0 cm³/mol. The van der Waals surface area contributed by atoms with E-state index in [2.05, 4.69) is 34.8 Å². The van der Waals surface area contributed by atoms with Crippen molar-refractivity contribution in [1.29, 1.82) is 0 Å². The number of nitrogens with zero attached hydrogens (tertiary/aromatic N) is 2. The fraction of sp³-hybridized carbons (Fsp3) is 0.538. The van der Waals surface area contributed by atoms with Crippen LogP contribution in [-0.2, 0) is 0 Å². The minimum absolute atomic E-state index is 0.0489. The zero-order valence-electron chi connectivity index (χ0n) is 10.6. The number of rotatable bonds is 5. The molecule has 1 amide bonds. The molecule has 0 radical (unpaired) electrons. The van der Waals surface area contributed by atoms with Gasteiger partial charge in [-0.3, -0.25) is 4.79 Å². The highest BCUT2D eigenvalue weighted by atomic mass is 79.9. The van der Waals surface area contributed by atoms with Crippen molar-refractivity contribution < 1.29 is 4.79 Å². The summed E-state index contributed by atoms with van der Waals surface area (Å²) in [6, 6.07) is 3.59. The van der Waals surface area contributed by atoms with Crippen molar-refractivity contribution in [3.05, 3.63) is 28.5 Å². The van der Waals surface area contributed by atoms with Gasteiger partial charge in [-0.2, -0.15) is 0 Å². The van der Waals surface area contributed by atoms with Crippen molar-refractivity contribution >= 4 is 21.8 Å². The molecule has 0 saturated carbocycles. The number of halogens is 1. The SMILES string of the molecule is CCC(C)CN(CC)C(=O)c1cccnc1Br. The highest BCUT2D eigenvalue weighted by Gasteiger charge is 2.18. The van der Waals surface area contributed by atoms with Gasteiger partial charge in [0.05, 0.1) is 5.56 Å². The molecule has 0 aliphatic carbocycles. The molecule has 0 bridgehead atoms. The maximum Gasteiger partial charge on any atom is 0.256 e. The first-order valence-corrected chi connectivity index (χ1v) is 6.79. The molecule has 0 fully saturated rings. The Kier molecular flexibility index (Phi) is 5.62. The zero-order valence-corrected chi connectivity index (χ0v) is 12.2. The third-order valence-corrected chi connectivity index (χ3v) is 3.52. The number of pyridine rings is 1. The first-order valence-electron chi connectivity index (χ1n) is 5.99. The summed E-state index contributed by atoms with van der Waals surface area (Å²) >= 11 is 3.32. The number of carbonyl (C=O) groups excluding carboxylic acids is 1. The lowest BCUT2D eigenvalue weighted by molar-refractivity contribution is 0.0739. The van der Waals surface area contributed by atoms with Gasteiger partial charge in [-0.1, -0.05) is 20.3 Å².